The first-order chi connectivity index (χ1) is 8.70. The van der Waals surface area contributed by atoms with E-state index in [1.807, 2.05) is 25.1 Å². The molecule has 0 radical (unpaired) electrons. The number of aryl methyl sites for hydroxylation is 1. The van der Waals surface area contributed by atoms with E-state index in [1.54, 1.807) is 0 Å². The highest BCUT2D eigenvalue weighted by molar-refractivity contribution is 5.39. The van der Waals surface area contributed by atoms with Crippen LogP contribution in [0.2, 0.25) is 0 Å². The lowest BCUT2D eigenvalue weighted by molar-refractivity contribution is 0.0164. The Morgan fingerprint density at radius 1 is 1.39 bits per heavy atom. The number of ether oxygens (including phenoxy) is 2. The van der Waals surface area contributed by atoms with Crippen LogP contribution in [-0.4, -0.2) is 36.1 Å². The molecule has 1 aromatic rings. The van der Waals surface area contributed by atoms with Crippen molar-refractivity contribution in [3.05, 3.63) is 29.3 Å². The average Bonchev–Trinajstić information content (AvgIpc) is 2.75. The number of rotatable bonds is 6. The van der Waals surface area contributed by atoms with Crippen molar-refractivity contribution in [1.82, 2.24) is 0 Å². The van der Waals surface area contributed by atoms with Gasteiger partial charge in [0, 0.05) is 6.61 Å². The van der Waals surface area contributed by atoms with Gasteiger partial charge in [0.25, 0.3) is 0 Å². The van der Waals surface area contributed by atoms with Crippen LogP contribution in [0.5, 0.6) is 5.75 Å². The molecule has 0 aromatic heterocycles. The Hall–Kier alpha value is -1.10. The molecular weight excluding hydrogens is 232 g/mol. The molecule has 1 aromatic carbocycles. The van der Waals surface area contributed by atoms with Crippen LogP contribution in [0.15, 0.2) is 18.2 Å². The first-order valence-electron chi connectivity index (χ1n) is 6.40. The Morgan fingerprint density at radius 2 is 2.22 bits per heavy atom. The summed E-state index contributed by atoms with van der Waals surface area (Å²) < 4.78 is 10.6. The van der Waals surface area contributed by atoms with Crippen molar-refractivity contribution in [2.45, 2.75) is 32.0 Å². The van der Waals surface area contributed by atoms with Gasteiger partial charge in [0.2, 0.25) is 0 Å². The molecule has 0 aliphatic heterocycles. The van der Waals surface area contributed by atoms with Crippen molar-refractivity contribution >= 4 is 0 Å². The summed E-state index contributed by atoms with van der Waals surface area (Å²) in [5, 5.41) is 19.3. The van der Waals surface area contributed by atoms with Gasteiger partial charge in [-0.2, -0.15) is 0 Å². The van der Waals surface area contributed by atoms with Crippen molar-refractivity contribution in [3.8, 4) is 5.75 Å². The van der Waals surface area contributed by atoms with Crippen LogP contribution in [0.3, 0.4) is 0 Å². The molecule has 0 saturated carbocycles. The molecular formula is C14H20O4. The van der Waals surface area contributed by atoms with Crippen LogP contribution in [0.4, 0.5) is 0 Å². The van der Waals surface area contributed by atoms with E-state index in [0.29, 0.717) is 13.2 Å². The van der Waals surface area contributed by atoms with Crippen molar-refractivity contribution in [2.75, 3.05) is 19.8 Å². The van der Waals surface area contributed by atoms with Gasteiger partial charge in [0.15, 0.2) is 0 Å². The van der Waals surface area contributed by atoms with Crippen molar-refractivity contribution in [1.29, 1.82) is 0 Å². The first-order valence-corrected chi connectivity index (χ1v) is 6.40. The van der Waals surface area contributed by atoms with Gasteiger partial charge in [-0.1, -0.05) is 6.07 Å². The first kappa shape index (κ1) is 13.3. The van der Waals surface area contributed by atoms with E-state index in [-0.39, 0.29) is 12.7 Å². The van der Waals surface area contributed by atoms with Gasteiger partial charge in [-0.25, -0.2) is 0 Å². The fourth-order valence-corrected chi connectivity index (χ4v) is 2.16. The molecule has 0 amide bonds. The summed E-state index contributed by atoms with van der Waals surface area (Å²) in [5.41, 5.74) is 2.14. The predicted molar refractivity (Wildman–Crippen MR) is 67.7 cm³/mol. The third-order valence-corrected chi connectivity index (χ3v) is 3.12. The fourth-order valence-electron chi connectivity index (χ4n) is 2.16. The van der Waals surface area contributed by atoms with Crippen LogP contribution in [0.25, 0.3) is 0 Å². The van der Waals surface area contributed by atoms with E-state index >= 15 is 0 Å². The summed E-state index contributed by atoms with van der Waals surface area (Å²) in [7, 11) is 0. The topological polar surface area (TPSA) is 58.9 Å². The third-order valence-electron chi connectivity index (χ3n) is 3.12. The maximum Gasteiger partial charge on any atom is 0.119 e. The second kappa shape index (κ2) is 6.18. The van der Waals surface area contributed by atoms with Gasteiger partial charge in [-0.15, -0.1) is 0 Å². The normalized spacial score (nSPS) is 19.6. The van der Waals surface area contributed by atoms with E-state index in [4.69, 9.17) is 9.47 Å². The lowest BCUT2D eigenvalue weighted by atomic mass is 10.1. The van der Waals surface area contributed by atoms with Gasteiger partial charge in [0.1, 0.15) is 18.5 Å². The van der Waals surface area contributed by atoms with Crippen LogP contribution in [0.1, 0.15) is 30.6 Å². The Balaban J connectivity index is 1.87. The van der Waals surface area contributed by atoms with E-state index < -0.39 is 6.10 Å². The van der Waals surface area contributed by atoms with E-state index in [9.17, 15) is 10.2 Å². The minimum atomic E-state index is -0.608. The second-order valence-corrected chi connectivity index (χ2v) is 4.54. The summed E-state index contributed by atoms with van der Waals surface area (Å²) in [6.45, 7) is 2.99. The van der Waals surface area contributed by atoms with Crippen LogP contribution in [0, 0.1) is 0 Å². The number of fused-ring (bicyclic) bond motifs is 1. The molecule has 0 fully saturated rings. The quantitative estimate of drug-likeness (QED) is 0.804. The molecule has 100 valence electrons. The molecule has 1 aliphatic carbocycles. The van der Waals surface area contributed by atoms with E-state index in [2.05, 4.69) is 0 Å². The summed E-state index contributed by atoms with van der Waals surface area (Å²) in [5.74, 6) is 0.735. The van der Waals surface area contributed by atoms with E-state index in [1.165, 1.54) is 0 Å². The minimum Gasteiger partial charge on any atom is -0.491 e. The molecule has 1 aliphatic rings. The lowest BCUT2D eigenvalue weighted by Gasteiger charge is -2.13. The lowest BCUT2D eigenvalue weighted by Crippen LogP contribution is -2.23. The predicted octanol–water partition coefficient (Wildman–Crippen LogP) is 1.44. The Kier molecular flexibility index (Phi) is 4.58. The number of benzene rings is 1. The fraction of sp³-hybridized carbons (Fsp3) is 0.571. The number of aliphatic hydroxyl groups is 2. The summed E-state index contributed by atoms with van der Waals surface area (Å²) in [6, 6.07) is 5.68. The zero-order valence-corrected chi connectivity index (χ0v) is 10.6. The second-order valence-electron chi connectivity index (χ2n) is 4.54. The summed E-state index contributed by atoms with van der Waals surface area (Å²) in [4.78, 5) is 0. The largest absolute Gasteiger partial charge is 0.491 e. The van der Waals surface area contributed by atoms with E-state index in [0.717, 1.165) is 29.7 Å². The molecule has 2 N–H and O–H groups in total. The number of aliphatic hydroxyl groups excluding tert-OH is 2. The average molecular weight is 252 g/mol. The summed E-state index contributed by atoms with van der Waals surface area (Å²) in [6.07, 6.45) is 0.724. The van der Waals surface area contributed by atoms with Crippen LogP contribution < -0.4 is 4.74 Å². The monoisotopic (exact) mass is 252 g/mol. The zero-order valence-electron chi connectivity index (χ0n) is 10.6. The van der Waals surface area contributed by atoms with Gasteiger partial charge in [-0.3, -0.25) is 0 Å². The van der Waals surface area contributed by atoms with Crippen molar-refractivity contribution in [3.63, 3.8) is 0 Å². The molecule has 0 saturated heterocycles. The van der Waals surface area contributed by atoms with Crippen LogP contribution in [-0.2, 0) is 11.2 Å². The minimum absolute atomic E-state index is 0.224. The van der Waals surface area contributed by atoms with Gasteiger partial charge in [-0.05, 0) is 43.0 Å². The maximum absolute atomic E-state index is 9.69. The maximum atomic E-state index is 9.69. The highest BCUT2D eigenvalue weighted by Crippen LogP contribution is 2.33. The molecule has 2 unspecified atom stereocenters. The molecule has 4 heteroatoms. The molecule has 2 atom stereocenters. The molecule has 0 spiro atoms. The number of hydrogen-bond acceptors (Lipinski definition) is 4. The molecule has 0 heterocycles. The Morgan fingerprint density at radius 3 is 3.00 bits per heavy atom. The number of hydrogen-bond donors (Lipinski definition) is 2. The standard InChI is InChI=1S/C14H20O4/c1-2-17-8-11(15)9-18-12-4-5-13-10(7-12)3-6-14(13)16/h4-5,7,11,14-16H,2-3,6,8-9H2,1H3. The van der Waals surface area contributed by atoms with Gasteiger partial charge >= 0.3 is 0 Å². The highest BCUT2D eigenvalue weighted by Gasteiger charge is 2.20. The summed E-state index contributed by atoms with van der Waals surface area (Å²) >= 11 is 0. The smallest absolute Gasteiger partial charge is 0.119 e. The van der Waals surface area contributed by atoms with Gasteiger partial charge in [0.05, 0.1) is 12.7 Å². The SMILES string of the molecule is CCOCC(O)COc1ccc2c(c1)CCC2O. The van der Waals surface area contributed by atoms with Crippen molar-refractivity contribution < 1.29 is 19.7 Å². The third kappa shape index (κ3) is 3.22. The molecule has 0 bridgehead atoms. The zero-order chi connectivity index (χ0) is 13.0. The Bertz CT molecular complexity index is 391. The van der Waals surface area contributed by atoms with Crippen molar-refractivity contribution in [2.24, 2.45) is 0 Å². The Labute approximate surface area is 107 Å². The molecule has 2 rings (SSSR count). The highest BCUT2D eigenvalue weighted by atomic mass is 16.5. The molecule has 4 nitrogen and oxygen atoms in total. The van der Waals surface area contributed by atoms with Crippen LogP contribution >= 0.6 is 0 Å². The van der Waals surface area contributed by atoms with Gasteiger partial charge < -0.3 is 19.7 Å². The molecule has 18 heavy (non-hydrogen) atoms.